The molecule has 1 rings (SSSR count). The lowest BCUT2D eigenvalue weighted by Crippen LogP contribution is -2.32. The molecule has 3 nitrogen and oxygen atoms in total. The molecule has 1 atom stereocenters. The highest BCUT2D eigenvalue weighted by atomic mass is 15.1. The van der Waals surface area contributed by atoms with E-state index in [1.807, 2.05) is 0 Å². The predicted molar refractivity (Wildman–Crippen MR) is 66.0 cm³/mol. The number of piperidine rings is 1. The molecule has 0 spiro atoms. The Balaban J connectivity index is 1.91. The molecule has 1 saturated heterocycles. The van der Waals surface area contributed by atoms with Gasteiger partial charge in [-0.15, -0.1) is 0 Å². The smallest absolute Gasteiger partial charge is 0.00225 e. The van der Waals surface area contributed by atoms with Crippen molar-refractivity contribution in [2.45, 2.75) is 38.6 Å². The van der Waals surface area contributed by atoms with Gasteiger partial charge in [0.25, 0.3) is 0 Å². The van der Waals surface area contributed by atoms with Gasteiger partial charge in [0.1, 0.15) is 0 Å². The minimum atomic E-state index is 0.334. The van der Waals surface area contributed by atoms with Crippen LogP contribution in [0.2, 0.25) is 0 Å². The fourth-order valence-corrected chi connectivity index (χ4v) is 2.11. The van der Waals surface area contributed by atoms with E-state index in [2.05, 4.69) is 24.2 Å². The fraction of sp³-hybridized carbons (Fsp3) is 1.00. The first-order chi connectivity index (χ1) is 7.18. The second-order valence-electron chi connectivity index (χ2n) is 5.05. The van der Waals surface area contributed by atoms with Crippen molar-refractivity contribution in [1.29, 1.82) is 0 Å². The first kappa shape index (κ1) is 12.9. The maximum atomic E-state index is 5.69. The van der Waals surface area contributed by atoms with Gasteiger partial charge in [-0.2, -0.15) is 0 Å². The first-order valence-corrected chi connectivity index (χ1v) is 6.33. The normalized spacial score (nSPS) is 21.8. The summed E-state index contributed by atoms with van der Waals surface area (Å²) in [5.74, 6) is 0.948. The van der Waals surface area contributed by atoms with Crippen LogP contribution in [0.4, 0.5) is 0 Å². The second kappa shape index (κ2) is 7.20. The van der Waals surface area contributed by atoms with Crippen molar-refractivity contribution in [3.63, 3.8) is 0 Å². The maximum Gasteiger partial charge on any atom is 0.00225 e. The van der Waals surface area contributed by atoms with E-state index in [-0.39, 0.29) is 0 Å². The molecule has 3 heteroatoms. The molecule has 1 aliphatic rings. The van der Waals surface area contributed by atoms with Crippen LogP contribution in [-0.2, 0) is 0 Å². The zero-order valence-electron chi connectivity index (χ0n) is 10.3. The molecule has 1 heterocycles. The summed E-state index contributed by atoms with van der Waals surface area (Å²) in [5.41, 5.74) is 5.69. The van der Waals surface area contributed by atoms with Crippen LogP contribution in [0.5, 0.6) is 0 Å². The molecule has 1 unspecified atom stereocenters. The minimum absolute atomic E-state index is 0.334. The summed E-state index contributed by atoms with van der Waals surface area (Å²) in [7, 11) is 2.22. The van der Waals surface area contributed by atoms with E-state index >= 15 is 0 Å². The van der Waals surface area contributed by atoms with Gasteiger partial charge >= 0.3 is 0 Å². The van der Waals surface area contributed by atoms with Crippen LogP contribution in [0.15, 0.2) is 0 Å². The summed E-state index contributed by atoms with van der Waals surface area (Å²) < 4.78 is 0. The van der Waals surface area contributed by atoms with Gasteiger partial charge in [0.15, 0.2) is 0 Å². The van der Waals surface area contributed by atoms with E-state index in [0.717, 1.165) is 18.9 Å². The largest absolute Gasteiger partial charge is 0.328 e. The van der Waals surface area contributed by atoms with Crippen molar-refractivity contribution in [2.24, 2.45) is 11.7 Å². The molecular weight excluding hydrogens is 186 g/mol. The predicted octanol–water partition coefficient (Wildman–Crippen LogP) is 1.05. The fourth-order valence-electron chi connectivity index (χ4n) is 2.11. The molecule has 0 aromatic rings. The standard InChI is InChI=1S/C12H27N3/c1-11(13)3-7-14-8-4-12-5-9-15(2)10-6-12/h11-12,14H,3-10,13H2,1-2H3. The Hall–Kier alpha value is -0.120. The highest BCUT2D eigenvalue weighted by molar-refractivity contribution is 4.70. The van der Waals surface area contributed by atoms with Crippen molar-refractivity contribution in [1.82, 2.24) is 10.2 Å². The molecule has 0 saturated carbocycles. The molecule has 0 radical (unpaired) electrons. The number of likely N-dealkylation sites (tertiary alicyclic amines) is 1. The van der Waals surface area contributed by atoms with Crippen LogP contribution >= 0.6 is 0 Å². The maximum absolute atomic E-state index is 5.69. The van der Waals surface area contributed by atoms with Gasteiger partial charge in [0, 0.05) is 6.04 Å². The van der Waals surface area contributed by atoms with Gasteiger partial charge in [0.05, 0.1) is 0 Å². The highest BCUT2D eigenvalue weighted by Crippen LogP contribution is 2.18. The highest BCUT2D eigenvalue weighted by Gasteiger charge is 2.15. The monoisotopic (exact) mass is 213 g/mol. The van der Waals surface area contributed by atoms with E-state index in [0.29, 0.717) is 6.04 Å². The molecule has 1 fully saturated rings. The van der Waals surface area contributed by atoms with Gasteiger partial charge in [0.2, 0.25) is 0 Å². The molecule has 0 aromatic carbocycles. The molecule has 15 heavy (non-hydrogen) atoms. The number of nitrogens with two attached hydrogens (primary N) is 1. The van der Waals surface area contributed by atoms with E-state index in [1.54, 1.807) is 0 Å². The van der Waals surface area contributed by atoms with Crippen molar-refractivity contribution in [3.8, 4) is 0 Å². The van der Waals surface area contributed by atoms with E-state index < -0.39 is 0 Å². The van der Waals surface area contributed by atoms with E-state index in [9.17, 15) is 0 Å². The molecule has 0 aromatic heterocycles. The van der Waals surface area contributed by atoms with Crippen LogP contribution in [0.25, 0.3) is 0 Å². The first-order valence-electron chi connectivity index (χ1n) is 6.33. The number of hydrogen-bond donors (Lipinski definition) is 2. The van der Waals surface area contributed by atoms with Gasteiger partial charge in [-0.25, -0.2) is 0 Å². The molecular formula is C12H27N3. The summed E-state index contributed by atoms with van der Waals surface area (Å²) in [4.78, 5) is 2.43. The zero-order valence-corrected chi connectivity index (χ0v) is 10.3. The molecule has 1 aliphatic heterocycles. The van der Waals surface area contributed by atoms with Crippen LogP contribution in [0.1, 0.15) is 32.6 Å². The van der Waals surface area contributed by atoms with Crippen molar-refractivity contribution < 1.29 is 0 Å². The average Bonchev–Trinajstić information content (AvgIpc) is 2.20. The summed E-state index contributed by atoms with van der Waals surface area (Å²) in [6, 6.07) is 0.334. The van der Waals surface area contributed by atoms with Gasteiger partial charge in [-0.05, 0) is 71.8 Å². The van der Waals surface area contributed by atoms with Gasteiger partial charge < -0.3 is 16.0 Å². The minimum Gasteiger partial charge on any atom is -0.328 e. The lowest BCUT2D eigenvalue weighted by molar-refractivity contribution is 0.211. The Morgan fingerprint density at radius 1 is 1.33 bits per heavy atom. The summed E-state index contributed by atoms with van der Waals surface area (Å²) >= 11 is 0. The van der Waals surface area contributed by atoms with E-state index in [1.165, 1.54) is 38.9 Å². The van der Waals surface area contributed by atoms with E-state index in [4.69, 9.17) is 5.73 Å². The Morgan fingerprint density at radius 2 is 2.00 bits per heavy atom. The lowest BCUT2D eigenvalue weighted by Gasteiger charge is -2.28. The summed E-state index contributed by atoms with van der Waals surface area (Å²) in [6.45, 7) is 6.87. The Bertz CT molecular complexity index is 151. The van der Waals surface area contributed by atoms with Gasteiger partial charge in [-0.1, -0.05) is 0 Å². The summed E-state index contributed by atoms with van der Waals surface area (Å²) in [5, 5.41) is 3.48. The van der Waals surface area contributed by atoms with Gasteiger partial charge in [-0.3, -0.25) is 0 Å². The lowest BCUT2D eigenvalue weighted by atomic mass is 9.94. The Kier molecular flexibility index (Phi) is 6.22. The SMILES string of the molecule is CC(N)CCNCCC1CCN(C)CC1. The number of nitrogens with one attached hydrogen (secondary N) is 1. The van der Waals surface area contributed by atoms with Crippen molar-refractivity contribution in [3.05, 3.63) is 0 Å². The number of rotatable bonds is 6. The van der Waals surface area contributed by atoms with Crippen LogP contribution < -0.4 is 11.1 Å². The Labute approximate surface area is 94.4 Å². The second-order valence-corrected chi connectivity index (χ2v) is 5.05. The van der Waals surface area contributed by atoms with Crippen molar-refractivity contribution >= 4 is 0 Å². The third-order valence-corrected chi connectivity index (χ3v) is 3.34. The van der Waals surface area contributed by atoms with Crippen molar-refractivity contribution in [2.75, 3.05) is 33.2 Å². The third kappa shape index (κ3) is 6.13. The topological polar surface area (TPSA) is 41.3 Å². The summed E-state index contributed by atoms with van der Waals surface area (Å²) in [6.07, 6.45) is 5.19. The quantitative estimate of drug-likeness (QED) is 0.648. The molecule has 0 bridgehead atoms. The molecule has 90 valence electrons. The number of hydrogen-bond acceptors (Lipinski definition) is 3. The van der Waals surface area contributed by atoms with Crippen LogP contribution in [-0.4, -0.2) is 44.2 Å². The van der Waals surface area contributed by atoms with Crippen LogP contribution in [0.3, 0.4) is 0 Å². The average molecular weight is 213 g/mol. The molecule has 0 aliphatic carbocycles. The molecule has 0 amide bonds. The zero-order chi connectivity index (χ0) is 11.1. The Morgan fingerprint density at radius 3 is 2.60 bits per heavy atom. The third-order valence-electron chi connectivity index (χ3n) is 3.34. The van der Waals surface area contributed by atoms with Crippen LogP contribution in [0, 0.1) is 5.92 Å². The molecule has 3 N–H and O–H groups in total. The number of nitrogens with zero attached hydrogens (tertiary/aromatic N) is 1.